The summed E-state index contributed by atoms with van der Waals surface area (Å²) in [6.07, 6.45) is 7.27. The zero-order valence-electron chi connectivity index (χ0n) is 30.1. The van der Waals surface area contributed by atoms with E-state index >= 15 is 0 Å². The summed E-state index contributed by atoms with van der Waals surface area (Å²) in [7, 11) is 0.0775. The number of aryl methyl sites for hydroxylation is 1. The van der Waals surface area contributed by atoms with Crippen LogP contribution < -0.4 is 14.4 Å². The van der Waals surface area contributed by atoms with Crippen molar-refractivity contribution in [3.63, 3.8) is 0 Å². The lowest BCUT2D eigenvalue weighted by molar-refractivity contribution is -0.128. The Morgan fingerprint density at radius 1 is 1.14 bits per heavy atom. The zero-order chi connectivity index (χ0) is 36.1. The number of rotatable bonds is 8. The molecule has 2 bridgehead atoms. The molecule has 3 heterocycles. The van der Waals surface area contributed by atoms with Gasteiger partial charge in [0.2, 0.25) is 0 Å². The van der Waals surface area contributed by atoms with Gasteiger partial charge in [0.1, 0.15) is 5.75 Å². The van der Waals surface area contributed by atoms with Crippen molar-refractivity contribution in [3.05, 3.63) is 64.7 Å². The van der Waals surface area contributed by atoms with Crippen LogP contribution in [0.15, 0.2) is 53.4 Å². The second-order valence-corrected chi connectivity index (χ2v) is 16.1. The number of hydrogen-bond acceptors (Lipinski definition) is 7. The van der Waals surface area contributed by atoms with E-state index in [0.717, 1.165) is 31.4 Å². The van der Waals surface area contributed by atoms with E-state index in [0.29, 0.717) is 61.6 Å². The van der Waals surface area contributed by atoms with Crippen molar-refractivity contribution in [1.82, 2.24) is 14.5 Å². The predicted molar refractivity (Wildman–Crippen MR) is 197 cm³/mol. The number of nitrogens with one attached hydrogen (secondary N) is 1. The first kappa shape index (κ1) is 38.7. The van der Waals surface area contributed by atoms with E-state index in [2.05, 4.69) is 41.7 Å². The third-order valence-electron chi connectivity index (χ3n) is 10.6. The Bertz CT molecular complexity index is 1540. The minimum Gasteiger partial charge on any atom is -0.491 e. The molecule has 4 unspecified atom stereocenters. The summed E-state index contributed by atoms with van der Waals surface area (Å²) >= 11 is 6.43. The van der Waals surface area contributed by atoms with Crippen LogP contribution in [0.2, 0.25) is 5.02 Å². The predicted octanol–water partition coefficient (Wildman–Crippen LogP) is 6.84. The molecule has 1 N–H and O–H groups in total. The molecule has 0 aliphatic carbocycles. The molecule has 1 amide bonds. The van der Waals surface area contributed by atoms with E-state index in [1.54, 1.807) is 24.8 Å². The molecule has 1 fully saturated rings. The van der Waals surface area contributed by atoms with E-state index in [1.807, 2.05) is 36.2 Å². The summed E-state index contributed by atoms with van der Waals surface area (Å²) in [5.41, 5.74) is 2.30. The van der Waals surface area contributed by atoms with Gasteiger partial charge in [-0.1, -0.05) is 56.5 Å². The van der Waals surface area contributed by atoms with Crippen molar-refractivity contribution in [2.75, 3.05) is 64.4 Å². The Kier molecular flexibility index (Phi) is 13.0. The van der Waals surface area contributed by atoms with Gasteiger partial charge in [-0.05, 0) is 81.1 Å². The Labute approximate surface area is 304 Å². The summed E-state index contributed by atoms with van der Waals surface area (Å²) in [5, 5.41) is 0.715. The summed E-state index contributed by atoms with van der Waals surface area (Å²) in [5.74, 6) is -2.10. The van der Waals surface area contributed by atoms with Crippen LogP contribution in [0.5, 0.6) is 5.75 Å². The lowest BCUT2D eigenvalue weighted by Crippen LogP contribution is -2.53. The van der Waals surface area contributed by atoms with Gasteiger partial charge in [-0.2, -0.15) is 0 Å². The van der Waals surface area contributed by atoms with E-state index in [4.69, 9.17) is 21.1 Å². The van der Waals surface area contributed by atoms with E-state index in [1.165, 1.54) is 11.1 Å². The van der Waals surface area contributed by atoms with Gasteiger partial charge in [-0.15, -0.1) is 0 Å². The van der Waals surface area contributed by atoms with E-state index in [9.17, 15) is 17.8 Å². The van der Waals surface area contributed by atoms with Crippen molar-refractivity contribution in [2.45, 2.75) is 88.2 Å². The number of benzene rings is 2. The maximum Gasteiger partial charge on any atom is 0.261 e. The number of halogens is 3. The van der Waals surface area contributed by atoms with Gasteiger partial charge >= 0.3 is 0 Å². The maximum atomic E-state index is 13.9. The topological polar surface area (TPSA) is 74.4 Å². The largest absolute Gasteiger partial charge is 0.491 e. The van der Waals surface area contributed by atoms with Gasteiger partial charge < -0.3 is 14.4 Å². The number of carbonyl (C=O) groups excluding carboxylic acids is 1. The van der Waals surface area contributed by atoms with Gasteiger partial charge in [-0.3, -0.25) is 19.3 Å². The van der Waals surface area contributed by atoms with Crippen LogP contribution in [0.25, 0.3) is 0 Å². The number of nitrogens with zero attached hydrogens (tertiary/aromatic N) is 3. The standard InChI is InChI=1S/C38H53ClF2N4O4S/c1-6-9-28-22-30(39)11-13-32(28)29-24-45-18-15-27(7-2)34(48-21-20-44-19-16-38(40,41)26-44)10-8-17-43(5)37(3,4)36(46)42-50(47)31-12-14-35(49-25-29)33(45)23-31/h8,10-14,22-23,27,29,34H,6-7,9,15-21,24-26H2,1-5H3,(H,42,46)/b10-8+. The van der Waals surface area contributed by atoms with Gasteiger partial charge in [0.15, 0.2) is 11.0 Å². The molecule has 4 atom stereocenters. The molecular formula is C38H53ClF2N4O4S. The summed E-state index contributed by atoms with van der Waals surface area (Å²) in [4.78, 5) is 20.0. The SMILES string of the molecule is CCCc1cc(Cl)ccc1C1COc2ccc3cc2N(CCC(CC)C(OCCN2CCC(F)(F)C2)/C=C/CN(C)C(C)(C)C(=O)NS3=O)C1. The third-order valence-corrected chi connectivity index (χ3v) is 11.8. The van der Waals surface area contributed by atoms with Crippen molar-refractivity contribution in [1.29, 1.82) is 0 Å². The number of alkyl halides is 2. The maximum absolute atomic E-state index is 13.9. The molecule has 2 aromatic carbocycles. The molecule has 8 nitrogen and oxygen atoms in total. The fourth-order valence-electron chi connectivity index (χ4n) is 7.06. The Morgan fingerprint density at radius 2 is 1.94 bits per heavy atom. The van der Waals surface area contributed by atoms with Crippen molar-refractivity contribution >= 4 is 34.2 Å². The van der Waals surface area contributed by atoms with Gasteiger partial charge in [0.25, 0.3) is 11.8 Å². The highest BCUT2D eigenvalue weighted by molar-refractivity contribution is 7.83. The first-order valence-corrected chi connectivity index (χ1v) is 19.5. The molecular weight excluding hydrogens is 682 g/mol. The van der Waals surface area contributed by atoms with Gasteiger partial charge in [-0.25, -0.2) is 13.0 Å². The fraction of sp³-hybridized carbons (Fsp3) is 0.605. The summed E-state index contributed by atoms with van der Waals surface area (Å²) in [6, 6.07) is 11.6. The number of amides is 1. The number of ether oxygens (including phenoxy) is 2. The molecule has 0 radical (unpaired) electrons. The number of carbonyl (C=O) groups is 1. The average Bonchev–Trinajstić information content (AvgIpc) is 3.32. The van der Waals surface area contributed by atoms with Gasteiger partial charge in [0.05, 0.1) is 42.0 Å². The van der Waals surface area contributed by atoms with Crippen LogP contribution >= 0.6 is 11.6 Å². The molecule has 276 valence electrons. The molecule has 2 aromatic rings. The molecule has 3 aliphatic rings. The lowest BCUT2D eigenvalue weighted by Gasteiger charge is -2.34. The molecule has 0 aromatic heterocycles. The number of anilines is 1. The summed E-state index contributed by atoms with van der Waals surface area (Å²) in [6.45, 7) is 11.2. The summed E-state index contributed by atoms with van der Waals surface area (Å²) < 4.78 is 57.1. The van der Waals surface area contributed by atoms with E-state index in [-0.39, 0.29) is 36.8 Å². The highest BCUT2D eigenvalue weighted by atomic mass is 35.5. The van der Waals surface area contributed by atoms with Gasteiger partial charge in [0, 0.05) is 50.1 Å². The first-order valence-electron chi connectivity index (χ1n) is 17.9. The zero-order valence-corrected chi connectivity index (χ0v) is 31.6. The second kappa shape index (κ2) is 16.8. The quantitative estimate of drug-likeness (QED) is 0.298. The van der Waals surface area contributed by atoms with Crippen LogP contribution in [0, 0.1) is 5.92 Å². The number of hydrogen-bond donors (Lipinski definition) is 1. The molecule has 1 saturated heterocycles. The van der Waals surface area contributed by atoms with Crippen LogP contribution in [-0.2, 0) is 26.9 Å². The Hall–Kier alpha value is -2.57. The molecule has 50 heavy (non-hydrogen) atoms. The first-order chi connectivity index (χ1) is 23.8. The minimum absolute atomic E-state index is 0.0578. The Morgan fingerprint density at radius 3 is 2.66 bits per heavy atom. The Balaban J connectivity index is 1.47. The average molecular weight is 735 g/mol. The van der Waals surface area contributed by atoms with Crippen LogP contribution in [0.4, 0.5) is 14.5 Å². The lowest BCUT2D eigenvalue weighted by atomic mass is 9.91. The number of likely N-dealkylation sites (N-methyl/N-ethyl adjacent to an activating group) is 1. The molecule has 0 saturated carbocycles. The van der Waals surface area contributed by atoms with Crippen molar-refractivity contribution in [3.8, 4) is 5.75 Å². The third kappa shape index (κ3) is 9.45. The monoisotopic (exact) mass is 734 g/mol. The molecule has 12 heteroatoms. The fourth-order valence-corrected chi connectivity index (χ4v) is 8.20. The minimum atomic E-state index is -2.64. The van der Waals surface area contributed by atoms with E-state index < -0.39 is 22.4 Å². The molecule has 3 aliphatic heterocycles. The normalized spacial score (nSPS) is 27.0. The highest BCUT2D eigenvalue weighted by Gasteiger charge is 2.38. The van der Waals surface area contributed by atoms with Crippen LogP contribution in [-0.4, -0.2) is 97.0 Å². The number of fused-ring (bicyclic) bond motifs is 1. The van der Waals surface area contributed by atoms with Crippen LogP contribution in [0.3, 0.4) is 0 Å². The smallest absolute Gasteiger partial charge is 0.261 e. The van der Waals surface area contributed by atoms with Crippen LogP contribution in [0.1, 0.15) is 70.4 Å². The van der Waals surface area contributed by atoms with Crippen molar-refractivity contribution in [2.24, 2.45) is 5.92 Å². The number of likely N-dealkylation sites (tertiary alicyclic amines) is 1. The molecule has 0 spiro atoms. The van der Waals surface area contributed by atoms with Crippen molar-refractivity contribution < 1.29 is 27.3 Å². The highest BCUT2D eigenvalue weighted by Crippen LogP contribution is 2.38. The second-order valence-electron chi connectivity index (χ2n) is 14.4. The molecule has 5 rings (SSSR count).